The number of piperazine rings is 1. The number of nitrogens with zero attached hydrogens (tertiary/aromatic N) is 1. The van der Waals surface area contributed by atoms with Gasteiger partial charge in [-0.1, -0.05) is 19.9 Å². The Kier molecular flexibility index (Phi) is 5.76. The van der Waals surface area contributed by atoms with E-state index in [1.807, 2.05) is 25.1 Å². The highest BCUT2D eigenvalue weighted by atomic mass is 16.5. The van der Waals surface area contributed by atoms with Crippen molar-refractivity contribution in [3.63, 3.8) is 0 Å². The van der Waals surface area contributed by atoms with Crippen LogP contribution >= 0.6 is 0 Å². The molecule has 1 atom stereocenters. The van der Waals surface area contributed by atoms with Crippen molar-refractivity contribution in [1.29, 1.82) is 0 Å². The SMILES string of the molecule is CCc1ccc(OC)c(C(=O)C(C)CN2CCNCC2)c1. The molecule has 1 aromatic carbocycles. The van der Waals surface area contributed by atoms with E-state index in [1.54, 1.807) is 7.11 Å². The Bertz CT molecular complexity index is 482. The van der Waals surface area contributed by atoms with Gasteiger partial charge in [-0.15, -0.1) is 0 Å². The van der Waals surface area contributed by atoms with E-state index in [9.17, 15) is 4.79 Å². The maximum atomic E-state index is 12.7. The van der Waals surface area contributed by atoms with E-state index in [4.69, 9.17) is 4.74 Å². The number of benzene rings is 1. The van der Waals surface area contributed by atoms with E-state index in [2.05, 4.69) is 17.1 Å². The molecule has 4 heteroatoms. The number of rotatable bonds is 6. The van der Waals surface area contributed by atoms with Gasteiger partial charge in [-0.2, -0.15) is 0 Å². The lowest BCUT2D eigenvalue weighted by Crippen LogP contribution is -2.45. The lowest BCUT2D eigenvalue weighted by molar-refractivity contribution is 0.0884. The molecular weight excluding hydrogens is 264 g/mol. The van der Waals surface area contributed by atoms with Gasteiger partial charge < -0.3 is 15.0 Å². The maximum Gasteiger partial charge on any atom is 0.170 e. The van der Waals surface area contributed by atoms with Crippen molar-refractivity contribution < 1.29 is 9.53 Å². The minimum atomic E-state index is -0.0101. The molecule has 4 nitrogen and oxygen atoms in total. The molecule has 0 spiro atoms. The fourth-order valence-corrected chi connectivity index (χ4v) is 2.80. The number of hydrogen-bond acceptors (Lipinski definition) is 4. The highest BCUT2D eigenvalue weighted by molar-refractivity contribution is 6.00. The van der Waals surface area contributed by atoms with E-state index in [-0.39, 0.29) is 11.7 Å². The van der Waals surface area contributed by atoms with Crippen LogP contribution in [0.1, 0.15) is 29.8 Å². The summed E-state index contributed by atoms with van der Waals surface area (Å²) < 4.78 is 5.36. The molecular formula is C17H26N2O2. The van der Waals surface area contributed by atoms with Gasteiger partial charge in [0, 0.05) is 38.6 Å². The molecule has 1 aliphatic heterocycles. The Labute approximate surface area is 127 Å². The number of nitrogens with one attached hydrogen (secondary N) is 1. The van der Waals surface area contributed by atoms with E-state index in [1.165, 1.54) is 5.56 Å². The van der Waals surface area contributed by atoms with Gasteiger partial charge in [-0.05, 0) is 24.1 Å². The van der Waals surface area contributed by atoms with Crippen LogP contribution in [-0.2, 0) is 6.42 Å². The summed E-state index contributed by atoms with van der Waals surface area (Å²) in [7, 11) is 1.62. The fourth-order valence-electron chi connectivity index (χ4n) is 2.80. The zero-order chi connectivity index (χ0) is 15.2. The van der Waals surface area contributed by atoms with Crippen molar-refractivity contribution in [3.05, 3.63) is 29.3 Å². The van der Waals surface area contributed by atoms with Crippen LogP contribution in [0.4, 0.5) is 0 Å². The summed E-state index contributed by atoms with van der Waals surface area (Å²) in [6.07, 6.45) is 0.927. The van der Waals surface area contributed by atoms with Gasteiger partial charge in [-0.3, -0.25) is 4.79 Å². The van der Waals surface area contributed by atoms with Crippen LogP contribution in [-0.4, -0.2) is 50.5 Å². The van der Waals surface area contributed by atoms with Crippen LogP contribution in [0.5, 0.6) is 5.75 Å². The standard InChI is InChI=1S/C17H26N2O2/c1-4-14-5-6-16(21-3)15(11-14)17(20)13(2)12-19-9-7-18-8-10-19/h5-6,11,13,18H,4,7-10,12H2,1-3H3. The Hall–Kier alpha value is -1.39. The first kappa shape index (κ1) is 16.0. The van der Waals surface area contributed by atoms with E-state index in [0.29, 0.717) is 5.75 Å². The molecule has 116 valence electrons. The van der Waals surface area contributed by atoms with Crippen LogP contribution in [0.25, 0.3) is 0 Å². The molecule has 1 N–H and O–H groups in total. The second-order valence-corrected chi connectivity index (χ2v) is 5.70. The normalized spacial score (nSPS) is 17.5. The summed E-state index contributed by atoms with van der Waals surface area (Å²) in [5, 5.41) is 3.34. The number of methoxy groups -OCH3 is 1. The summed E-state index contributed by atoms with van der Waals surface area (Å²) in [4.78, 5) is 15.1. The number of hydrogen-bond donors (Lipinski definition) is 1. The smallest absolute Gasteiger partial charge is 0.170 e. The fraction of sp³-hybridized carbons (Fsp3) is 0.588. The molecule has 2 rings (SSSR count). The first-order chi connectivity index (χ1) is 10.2. The zero-order valence-corrected chi connectivity index (χ0v) is 13.3. The minimum Gasteiger partial charge on any atom is -0.496 e. The molecule has 0 radical (unpaired) electrons. The molecule has 0 saturated carbocycles. The minimum absolute atomic E-state index is 0.0101. The quantitative estimate of drug-likeness (QED) is 0.814. The van der Waals surface area contributed by atoms with Crippen LogP contribution in [0.3, 0.4) is 0 Å². The first-order valence-corrected chi connectivity index (χ1v) is 7.80. The van der Waals surface area contributed by atoms with Crippen molar-refractivity contribution in [2.75, 3.05) is 39.8 Å². The zero-order valence-electron chi connectivity index (χ0n) is 13.3. The predicted molar refractivity (Wildman–Crippen MR) is 85.2 cm³/mol. The van der Waals surface area contributed by atoms with Gasteiger partial charge in [0.2, 0.25) is 0 Å². The molecule has 1 fully saturated rings. The van der Waals surface area contributed by atoms with Crippen molar-refractivity contribution in [1.82, 2.24) is 10.2 Å². The molecule has 0 aliphatic carbocycles. The van der Waals surface area contributed by atoms with E-state index < -0.39 is 0 Å². The van der Waals surface area contributed by atoms with Crippen molar-refractivity contribution in [2.45, 2.75) is 20.3 Å². The van der Waals surface area contributed by atoms with Gasteiger partial charge in [0.15, 0.2) is 5.78 Å². The number of Topliss-reactive ketones (excluding diaryl/α,β-unsaturated/α-hetero) is 1. The highest BCUT2D eigenvalue weighted by Crippen LogP contribution is 2.24. The third kappa shape index (κ3) is 4.05. The monoisotopic (exact) mass is 290 g/mol. The Morgan fingerprint density at radius 3 is 2.71 bits per heavy atom. The third-order valence-corrected chi connectivity index (χ3v) is 4.13. The number of carbonyl (C=O) groups is 1. The van der Waals surface area contributed by atoms with Gasteiger partial charge >= 0.3 is 0 Å². The van der Waals surface area contributed by atoms with E-state index in [0.717, 1.165) is 44.7 Å². The molecule has 0 bridgehead atoms. The van der Waals surface area contributed by atoms with Crippen molar-refractivity contribution in [2.24, 2.45) is 5.92 Å². The van der Waals surface area contributed by atoms with Gasteiger partial charge in [0.25, 0.3) is 0 Å². The van der Waals surface area contributed by atoms with Crippen molar-refractivity contribution >= 4 is 5.78 Å². The highest BCUT2D eigenvalue weighted by Gasteiger charge is 2.22. The molecule has 1 aliphatic rings. The number of aryl methyl sites for hydroxylation is 1. The summed E-state index contributed by atoms with van der Waals surface area (Å²) in [6, 6.07) is 5.91. The number of ether oxygens (including phenoxy) is 1. The Morgan fingerprint density at radius 1 is 1.38 bits per heavy atom. The molecule has 1 aromatic rings. The summed E-state index contributed by atoms with van der Waals surface area (Å²) in [6.45, 7) is 8.99. The lowest BCUT2D eigenvalue weighted by atomic mass is 9.95. The van der Waals surface area contributed by atoms with Crippen LogP contribution in [0, 0.1) is 5.92 Å². The van der Waals surface area contributed by atoms with Gasteiger partial charge in [0.1, 0.15) is 5.75 Å². The topological polar surface area (TPSA) is 41.6 Å². The molecule has 1 heterocycles. The van der Waals surface area contributed by atoms with Crippen LogP contribution < -0.4 is 10.1 Å². The Morgan fingerprint density at radius 2 is 2.10 bits per heavy atom. The van der Waals surface area contributed by atoms with Crippen molar-refractivity contribution in [3.8, 4) is 5.75 Å². The maximum absolute atomic E-state index is 12.7. The first-order valence-electron chi connectivity index (χ1n) is 7.80. The van der Waals surface area contributed by atoms with Gasteiger partial charge in [0.05, 0.1) is 12.7 Å². The van der Waals surface area contributed by atoms with Crippen LogP contribution in [0.15, 0.2) is 18.2 Å². The largest absolute Gasteiger partial charge is 0.496 e. The summed E-state index contributed by atoms with van der Waals surface area (Å²) in [5.41, 5.74) is 1.90. The molecule has 1 unspecified atom stereocenters. The lowest BCUT2D eigenvalue weighted by Gasteiger charge is -2.29. The van der Waals surface area contributed by atoms with Crippen LogP contribution in [0.2, 0.25) is 0 Å². The van der Waals surface area contributed by atoms with Gasteiger partial charge in [-0.25, -0.2) is 0 Å². The average molecular weight is 290 g/mol. The predicted octanol–water partition coefficient (Wildman–Crippen LogP) is 1.98. The second kappa shape index (κ2) is 7.57. The molecule has 0 amide bonds. The number of ketones is 1. The molecule has 21 heavy (non-hydrogen) atoms. The number of carbonyl (C=O) groups excluding carboxylic acids is 1. The summed E-state index contributed by atoms with van der Waals surface area (Å²) in [5.74, 6) is 0.856. The summed E-state index contributed by atoms with van der Waals surface area (Å²) >= 11 is 0. The molecule has 0 aromatic heterocycles. The third-order valence-electron chi connectivity index (χ3n) is 4.13. The average Bonchev–Trinajstić information content (AvgIpc) is 2.54. The molecule has 1 saturated heterocycles. The Balaban J connectivity index is 2.10. The second-order valence-electron chi connectivity index (χ2n) is 5.70. The van der Waals surface area contributed by atoms with E-state index >= 15 is 0 Å².